The largest absolute Gasteiger partial charge is 0.778 e. The molecule has 1 atom stereocenters. The minimum absolute atomic E-state index is 0.000883. The third-order valence-corrected chi connectivity index (χ3v) is 7.94. The van der Waals surface area contributed by atoms with Crippen LogP contribution in [-0.4, -0.2) is 107 Å². The van der Waals surface area contributed by atoms with Crippen LogP contribution < -0.4 is 30.5 Å². The molecule has 1 unspecified atom stereocenters. The Labute approximate surface area is 339 Å². The van der Waals surface area contributed by atoms with Crippen molar-refractivity contribution in [2.24, 2.45) is 0 Å². The lowest BCUT2D eigenvalue weighted by atomic mass is 9.93. The molecule has 17 nitrogen and oxygen atoms in total. The number of imide groups is 1. The highest BCUT2D eigenvalue weighted by Crippen LogP contribution is 2.39. The van der Waals surface area contributed by atoms with Gasteiger partial charge in [-0.1, -0.05) is 31.4 Å². The van der Waals surface area contributed by atoms with E-state index in [0.29, 0.717) is 53.4 Å². The molecular weight excluding hydrogens is 819 g/mol. The van der Waals surface area contributed by atoms with E-state index < -0.39 is 56.6 Å². The molecule has 2 aliphatic rings. The van der Waals surface area contributed by atoms with E-state index in [4.69, 9.17) is 42.7 Å². The first kappa shape index (κ1) is 50.4. The van der Waals surface area contributed by atoms with Crippen LogP contribution in [0.5, 0.6) is 5.75 Å². The van der Waals surface area contributed by atoms with Crippen molar-refractivity contribution in [1.29, 1.82) is 0 Å². The highest BCUT2D eigenvalue weighted by Gasteiger charge is 2.41. The molecule has 5 N–H and O–H groups in total. The average Bonchev–Trinajstić information content (AvgIpc) is 3.35. The normalized spacial score (nSPS) is 14.2. The lowest BCUT2D eigenvalue weighted by Crippen LogP contribution is -2.32. The van der Waals surface area contributed by atoms with Crippen LogP contribution in [0, 0.1) is 5.82 Å². The molecule has 2 aromatic rings. The number of amides is 2. The van der Waals surface area contributed by atoms with Crippen molar-refractivity contribution >= 4 is 83.0 Å². The van der Waals surface area contributed by atoms with E-state index in [0.717, 1.165) is 56.2 Å². The van der Waals surface area contributed by atoms with Gasteiger partial charge >= 0.3 is 11.9 Å². The molecule has 2 amide bonds. The van der Waals surface area contributed by atoms with Crippen LogP contribution in [0.3, 0.4) is 0 Å². The van der Waals surface area contributed by atoms with Crippen LogP contribution in [0.2, 0.25) is 10.3 Å². The maximum absolute atomic E-state index is 14.5. The summed E-state index contributed by atoms with van der Waals surface area (Å²) in [6.07, 6.45) is 11.3. The average molecular weight is 871 g/mol. The number of nitrogens with zero attached hydrogens (tertiary/aromatic N) is 4. The molecule has 0 bridgehead atoms. The Kier molecular flexibility index (Phi) is 23.7. The first-order valence-corrected chi connectivity index (χ1v) is 22.5. The number of unbranched alkanes of at least 4 members (excludes halogenated alkanes) is 2. The molecule has 314 valence electrons. The lowest BCUT2D eigenvalue weighted by molar-refractivity contribution is -0.193. The second-order valence-electron chi connectivity index (χ2n) is 12.2. The maximum Gasteiger partial charge on any atom is 0.344 e. The molecule has 56 heavy (non-hydrogen) atoms. The maximum atomic E-state index is 14.5. The number of benzene rings is 1. The Bertz CT molecular complexity index is 1650. The van der Waals surface area contributed by atoms with E-state index in [1.807, 2.05) is 26.1 Å². The lowest BCUT2D eigenvalue weighted by Gasteiger charge is -2.18. The van der Waals surface area contributed by atoms with Crippen molar-refractivity contribution in [2.45, 2.75) is 65.7 Å². The number of aromatic nitrogens is 3. The van der Waals surface area contributed by atoms with Gasteiger partial charge in [-0.25, -0.2) is 14.1 Å². The Morgan fingerprint density at radius 3 is 1.98 bits per heavy atom. The van der Waals surface area contributed by atoms with E-state index in [-0.39, 0.29) is 21.7 Å². The van der Waals surface area contributed by atoms with Gasteiger partial charge in [-0.3, -0.25) is 19.7 Å². The van der Waals surface area contributed by atoms with Crippen molar-refractivity contribution in [2.75, 3.05) is 73.4 Å². The SMILES string of the molecule is CCCCCOC(=O)COc1cc(N2C(=O)C3=C(CCCC3)C2=O)c(F)cc1Cl.CCNc1nc(Cl)nc(NCC)n1.C[S+](C)C.O=C(O)CNCP(=O)([O-])O. The Morgan fingerprint density at radius 2 is 1.52 bits per heavy atom. The number of carboxylic acids is 1. The number of carbonyl (C=O) groups excluding carboxylic acids is 3. The van der Waals surface area contributed by atoms with E-state index in [2.05, 4.69) is 44.4 Å². The fourth-order valence-electron chi connectivity index (χ4n) is 4.60. The zero-order valence-corrected chi connectivity index (χ0v) is 35.5. The van der Waals surface area contributed by atoms with Crippen LogP contribution in [0.4, 0.5) is 22.0 Å². The van der Waals surface area contributed by atoms with Crippen LogP contribution >= 0.6 is 30.8 Å². The molecule has 0 radical (unpaired) electrons. The van der Waals surface area contributed by atoms with Crippen LogP contribution in [0.15, 0.2) is 23.3 Å². The highest BCUT2D eigenvalue weighted by atomic mass is 35.5. The molecule has 22 heteroatoms. The van der Waals surface area contributed by atoms with E-state index in [1.165, 1.54) is 6.07 Å². The second kappa shape index (κ2) is 26.4. The number of hydrogen-bond acceptors (Lipinski definition) is 14. The summed E-state index contributed by atoms with van der Waals surface area (Å²) in [6, 6.07) is 2.15. The second-order valence-corrected chi connectivity index (χ2v) is 17.0. The minimum Gasteiger partial charge on any atom is -0.778 e. The first-order valence-electron chi connectivity index (χ1n) is 17.6. The number of aliphatic carboxylic acids is 1. The van der Waals surface area contributed by atoms with Crippen LogP contribution in [0.1, 0.15) is 65.7 Å². The highest BCUT2D eigenvalue weighted by molar-refractivity contribution is 7.94. The standard InChI is InChI=1S/C21H23ClFNO5.C7H12ClN5.C3H8NO5P.C3H9S/c1-2-3-6-9-28-19(25)12-29-18-11-17(16(23)10-15(18)22)24-20(26)13-7-4-5-8-14(13)21(24)27;1-3-9-6-11-5(8)12-7(13-6)10-4-2;5-3(6)1-4-2-10(7,8)9;1-4(2)3/h10-11H,2-9,12H2,1H3;3-4H2,1-2H3,(H2,9,10,11,12,13);4H,1-2H2,(H,5,6)(H2,7,8,9);1-3H3/q;;;+1/p-1. The topological polar surface area (TPSA) is 245 Å². The number of nitrogens with one attached hydrogen (secondary N) is 3. The van der Waals surface area contributed by atoms with Crippen molar-refractivity contribution < 1.29 is 52.5 Å². The van der Waals surface area contributed by atoms with E-state index in [1.54, 1.807) is 0 Å². The summed E-state index contributed by atoms with van der Waals surface area (Å²) in [6.45, 7) is 6.89. The van der Waals surface area contributed by atoms with Crippen LogP contribution in [-0.2, 0) is 39.4 Å². The van der Waals surface area contributed by atoms with Gasteiger partial charge < -0.3 is 39.6 Å². The fourth-order valence-corrected chi connectivity index (χ4v) is 5.36. The molecule has 1 aromatic heterocycles. The molecule has 1 aromatic carbocycles. The summed E-state index contributed by atoms with van der Waals surface area (Å²) in [4.78, 5) is 77.6. The molecule has 4 rings (SSSR count). The monoisotopic (exact) mass is 869 g/mol. The van der Waals surface area contributed by atoms with Gasteiger partial charge in [-0.2, -0.15) is 15.0 Å². The van der Waals surface area contributed by atoms with Crippen molar-refractivity contribution in [3.8, 4) is 5.75 Å². The van der Waals surface area contributed by atoms with Gasteiger partial charge in [0.2, 0.25) is 17.2 Å². The molecule has 0 spiro atoms. The number of hydrogen-bond donors (Lipinski definition) is 5. The number of esters is 1. The zero-order chi connectivity index (χ0) is 42.4. The van der Waals surface area contributed by atoms with Crippen molar-refractivity contribution in [3.05, 3.63) is 39.4 Å². The van der Waals surface area contributed by atoms with Crippen molar-refractivity contribution in [1.82, 2.24) is 20.3 Å². The molecule has 0 fully saturated rings. The molecule has 1 aliphatic heterocycles. The number of carboxylic acid groups (broad SMARTS) is 1. The Hall–Kier alpha value is -3.58. The predicted molar refractivity (Wildman–Crippen MR) is 214 cm³/mol. The molecule has 1 aliphatic carbocycles. The third-order valence-electron chi connectivity index (χ3n) is 6.85. The van der Waals surface area contributed by atoms with Crippen molar-refractivity contribution in [3.63, 3.8) is 0 Å². The van der Waals surface area contributed by atoms with Gasteiger partial charge in [0, 0.05) is 30.3 Å². The molecule has 0 saturated carbocycles. The van der Waals surface area contributed by atoms with Gasteiger partial charge in [0.25, 0.3) is 11.8 Å². The quantitative estimate of drug-likeness (QED) is 0.0517. The zero-order valence-electron chi connectivity index (χ0n) is 32.3. The summed E-state index contributed by atoms with van der Waals surface area (Å²) in [5, 5.41) is 16.0. The summed E-state index contributed by atoms with van der Waals surface area (Å²) in [7, 11) is -3.71. The Balaban J connectivity index is 0.000000477. The van der Waals surface area contributed by atoms with E-state index in [9.17, 15) is 33.0 Å². The molecular formula is C34H51Cl2FN7O10PS. The third kappa shape index (κ3) is 19.5. The summed E-state index contributed by atoms with van der Waals surface area (Å²) < 4.78 is 34.9. The van der Waals surface area contributed by atoms with Crippen LogP contribution in [0.25, 0.3) is 0 Å². The summed E-state index contributed by atoms with van der Waals surface area (Å²) >= 11 is 11.7. The number of rotatable bonds is 16. The van der Waals surface area contributed by atoms with E-state index >= 15 is 0 Å². The minimum atomic E-state index is -4.35. The summed E-state index contributed by atoms with van der Waals surface area (Å²) in [5.74, 6) is -2.58. The number of anilines is 3. The van der Waals surface area contributed by atoms with Gasteiger partial charge in [0.15, 0.2) is 6.61 Å². The predicted octanol–water partition coefficient (Wildman–Crippen LogP) is 4.38. The number of halogens is 3. The van der Waals surface area contributed by atoms with Gasteiger partial charge in [0.1, 0.15) is 19.2 Å². The molecule has 2 heterocycles. The van der Waals surface area contributed by atoms with Gasteiger partial charge in [-0.05, 0) is 74.5 Å². The molecule has 0 saturated heterocycles. The van der Waals surface area contributed by atoms with Gasteiger partial charge in [0.05, 0.1) is 48.9 Å². The van der Waals surface area contributed by atoms with Gasteiger partial charge in [-0.15, -0.1) is 0 Å². The first-order chi connectivity index (χ1) is 26.3. The smallest absolute Gasteiger partial charge is 0.344 e. The Morgan fingerprint density at radius 1 is 0.982 bits per heavy atom. The number of carbonyl (C=O) groups is 4. The summed E-state index contributed by atoms with van der Waals surface area (Å²) in [5.41, 5.74) is 0.674. The fraction of sp³-hybridized carbons (Fsp3) is 0.559. The number of ether oxygens (including phenoxy) is 2.